The zero-order valence-electron chi connectivity index (χ0n) is 16.7. The van der Waals surface area contributed by atoms with Crippen LogP contribution in [-0.4, -0.2) is 31.4 Å². The van der Waals surface area contributed by atoms with E-state index in [2.05, 4.69) is 5.32 Å². The van der Waals surface area contributed by atoms with Crippen molar-refractivity contribution in [2.24, 2.45) is 0 Å². The maximum absolute atomic E-state index is 10.2. The number of hydrogen-bond acceptors (Lipinski definition) is 5. The van der Waals surface area contributed by atoms with Crippen LogP contribution in [0.4, 0.5) is 11.4 Å². The first-order valence-electron chi connectivity index (χ1n) is 10.0. The number of hydrogen-bond donors (Lipinski definition) is 4. The Hall–Kier alpha value is -1.50. The zero-order chi connectivity index (χ0) is 21.1. The average molecular weight is 440 g/mol. The molecule has 29 heavy (non-hydrogen) atoms. The molecule has 0 aliphatic carbocycles. The molecule has 0 aliphatic heterocycles. The van der Waals surface area contributed by atoms with Crippen molar-refractivity contribution in [2.45, 2.75) is 38.2 Å². The monoisotopic (exact) mass is 439 g/mol. The highest BCUT2D eigenvalue weighted by Gasteiger charge is 2.11. The summed E-state index contributed by atoms with van der Waals surface area (Å²) < 4.78 is 5.69. The molecule has 2 aromatic carbocycles. The second kappa shape index (κ2) is 12.9. The molecule has 0 heterocycles. The van der Waals surface area contributed by atoms with Gasteiger partial charge in [-0.1, -0.05) is 48.2 Å². The van der Waals surface area contributed by atoms with Gasteiger partial charge < -0.3 is 26.6 Å². The van der Waals surface area contributed by atoms with Crippen LogP contribution in [-0.2, 0) is 11.2 Å². The van der Waals surface area contributed by atoms with Gasteiger partial charge in [-0.05, 0) is 61.2 Å². The molecule has 0 spiro atoms. The number of nitrogen functional groups attached to an aromatic ring is 2. The second-order valence-corrected chi connectivity index (χ2v) is 7.95. The van der Waals surface area contributed by atoms with Gasteiger partial charge in [-0.2, -0.15) is 0 Å². The van der Waals surface area contributed by atoms with Crippen molar-refractivity contribution in [2.75, 3.05) is 37.8 Å². The van der Waals surface area contributed by atoms with E-state index in [4.69, 9.17) is 39.4 Å². The molecule has 0 radical (unpaired) electrons. The van der Waals surface area contributed by atoms with Gasteiger partial charge in [0, 0.05) is 18.8 Å². The number of ether oxygens (including phenoxy) is 1. The second-order valence-electron chi connectivity index (χ2n) is 7.14. The van der Waals surface area contributed by atoms with Crippen LogP contribution in [0.5, 0.6) is 0 Å². The summed E-state index contributed by atoms with van der Waals surface area (Å²) in [4.78, 5) is 0. The van der Waals surface area contributed by atoms with Crippen LogP contribution in [0.1, 0.15) is 42.9 Å². The smallest absolute Gasteiger partial charge is 0.0915 e. The first-order chi connectivity index (χ1) is 14.0. The molecule has 0 fully saturated rings. The molecule has 0 bridgehead atoms. The minimum atomic E-state index is -0.667. The topological polar surface area (TPSA) is 93.5 Å². The summed E-state index contributed by atoms with van der Waals surface area (Å²) >= 11 is 12.0. The number of aliphatic hydroxyl groups excluding tert-OH is 1. The van der Waals surface area contributed by atoms with Gasteiger partial charge in [0.05, 0.1) is 28.4 Å². The van der Waals surface area contributed by atoms with E-state index in [0.717, 1.165) is 57.6 Å². The number of nitrogens with two attached hydrogens (primary N) is 2. The van der Waals surface area contributed by atoms with E-state index < -0.39 is 6.10 Å². The Labute approximate surface area is 183 Å². The van der Waals surface area contributed by atoms with Crippen LogP contribution in [0.25, 0.3) is 0 Å². The first-order valence-corrected chi connectivity index (χ1v) is 10.8. The largest absolute Gasteiger partial charge is 0.399 e. The van der Waals surface area contributed by atoms with E-state index in [1.54, 1.807) is 12.1 Å². The van der Waals surface area contributed by atoms with Crippen molar-refractivity contribution in [1.82, 2.24) is 5.32 Å². The van der Waals surface area contributed by atoms with Crippen LogP contribution in [0.15, 0.2) is 36.4 Å². The lowest BCUT2D eigenvalue weighted by molar-refractivity contribution is 0.133. The average Bonchev–Trinajstić information content (AvgIpc) is 2.71. The highest BCUT2D eigenvalue weighted by molar-refractivity contribution is 6.38. The summed E-state index contributed by atoms with van der Waals surface area (Å²) in [6.07, 6.45) is 4.63. The van der Waals surface area contributed by atoms with E-state index in [0.29, 0.717) is 27.8 Å². The van der Waals surface area contributed by atoms with Crippen molar-refractivity contribution in [3.63, 3.8) is 0 Å². The van der Waals surface area contributed by atoms with E-state index in [1.807, 2.05) is 24.3 Å². The van der Waals surface area contributed by atoms with Crippen LogP contribution in [0.3, 0.4) is 0 Å². The Balaban J connectivity index is 1.45. The third-order valence-corrected chi connectivity index (χ3v) is 5.36. The standard InChI is InChI=1S/C22H31Cl2N3O2/c23-19-13-17(14-20(24)22(19)26)21(28)15-27-10-3-1-2-4-11-29-12-9-16-5-7-18(25)8-6-16/h5-8,13-14,21,27-28H,1-4,9-12,15,25-26H2. The third-order valence-electron chi connectivity index (χ3n) is 4.73. The summed E-state index contributed by atoms with van der Waals surface area (Å²) in [6, 6.07) is 11.2. The predicted octanol–water partition coefficient (Wildman–Crippen LogP) is 4.60. The fourth-order valence-corrected chi connectivity index (χ4v) is 3.44. The Morgan fingerprint density at radius 3 is 2.28 bits per heavy atom. The van der Waals surface area contributed by atoms with Gasteiger partial charge in [0.15, 0.2) is 0 Å². The molecule has 0 aliphatic rings. The quantitative estimate of drug-likeness (QED) is 0.270. The Kier molecular flexibility index (Phi) is 10.6. The summed E-state index contributed by atoms with van der Waals surface area (Å²) in [5.74, 6) is 0. The maximum Gasteiger partial charge on any atom is 0.0915 e. The van der Waals surface area contributed by atoms with Gasteiger partial charge in [0.1, 0.15) is 0 Å². The van der Waals surface area contributed by atoms with Gasteiger partial charge in [0.25, 0.3) is 0 Å². The molecule has 0 saturated carbocycles. The molecule has 1 unspecified atom stereocenters. The number of benzene rings is 2. The van der Waals surface area contributed by atoms with Crippen molar-refractivity contribution in [3.8, 4) is 0 Å². The van der Waals surface area contributed by atoms with Gasteiger partial charge in [-0.25, -0.2) is 0 Å². The molecular weight excluding hydrogens is 409 g/mol. The van der Waals surface area contributed by atoms with Crippen LogP contribution in [0.2, 0.25) is 10.0 Å². The van der Waals surface area contributed by atoms with Crippen molar-refractivity contribution in [1.29, 1.82) is 0 Å². The highest BCUT2D eigenvalue weighted by atomic mass is 35.5. The number of halogens is 2. The fraction of sp³-hybridized carbons (Fsp3) is 0.455. The summed E-state index contributed by atoms with van der Waals surface area (Å²) in [7, 11) is 0. The molecule has 6 N–H and O–H groups in total. The van der Waals surface area contributed by atoms with Crippen molar-refractivity contribution >= 4 is 34.6 Å². The SMILES string of the molecule is Nc1ccc(CCOCCCCCCNCC(O)c2cc(Cl)c(N)c(Cl)c2)cc1. The Morgan fingerprint density at radius 2 is 1.59 bits per heavy atom. The van der Waals surface area contributed by atoms with Crippen LogP contribution in [0, 0.1) is 0 Å². The van der Waals surface area contributed by atoms with E-state index >= 15 is 0 Å². The minimum Gasteiger partial charge on any atom is -0.399 e. The number of aliphatic hydroxyl groups is 1. The lowest BCUT2D eigenvalue weighted by atomic mass is 10.1. The minimum absolute atomic E-state index is 0.339. The van der Waals surface area contributed by atoms with Crippen LogP contribution < -0.4 is 16.8 Å². The molecule has 2 aromatic rings. The van der Waals surface area contributed by atoms with Crippen LogP contribution >= 0.6 is 23.2 Å². The van der Waals surface area contributed by atoms with Gasteiger partial charge in [-0.3, -0.25) is 0 Å². The lowest BCUT2D eigenvalue weighted by Gasteiger charge is -2.14. The highest BCUT2D eigenvalue weighted by Crippen LogP contribution is 2.31. The van der Waals surface area contributed by atoms with E-state index in [9.17, 15) is 5.11 Å². The number of nitrogens with one attached hydrogen (secondary N) is 1. The lowest BCUT2D eigenvalue weighted by Crippen LogP contribution is -2.22. The van der Waals surface area contributed by atoms with Crippen molar-refractivity contribution in [3.05, 3.63) is 57.6 Å². The molecule has 2 rings (SSSR count). The van der Waals surface area contributed by atoms with Gasteiger partial charge in [0.2, 0.25) is 0 Å². The van der Waals surface area contributed by atoms with Gasteiger partial charge in [-0.15, -0.1) is 0 Å². The number of anilines is 2. The third kappa shape index (κ3) is 8.81. The van der Waals surface area contributed by atoms with E-state index in [1.165, 1.54) is 5.56 Å². The molecule has 0 saturated heterocycles. The first kappa shape index (κ1) is 23.8. The molecule has 0 aromatic heterocycles. The summed E-state index contributed by atoms with van der Waals surface area (Å²) in [5, 5.41) is 14.2. The number of rotatable bonds is 13. The van der Waals surface area contributed by atoms with Crippen molar-refractivity contribution < 1.29 is 9.84 Å². The molecule has 0 amide bonds. The molecular formula is C22H31Cl2N3O2. The number of unbranched alkanes of at least 4 members (excludes halogenated alkanes) is 3. The summed E-state index contributed by atoms with van der Waals surface area (Å²) in [5.41, 5.74) is 14.4. The molecule has 1 atom stereocenters. The fourth-order valence-electron chi connectivity index (χ4n) is 2.94. The van der Waals surface area contributed by atoms with E-state index in [-0.39, 0.29) is 0 Å². The molecule has 160 valence electrons. The normalized spacial score (nSPS) is 12.2. The Bertz CT molecular complexity index is 718. The molecule has 7 heteroatoms. The zero-order valence-corrected chi connectivity index (χ0v) is 18.2. The Morgan fingerprint density at radius 1 is 0.931 bits per heavy atom. The molecule has 5 nitrogen and oxygen atoms in total. The summed E-state index contributed by atoms with van der Waals surface area (Å²) in [6.45, 7) is 2.83. The van der Waals surface area contributed by atoms with Gasteiger partial charge >= 0.3 is 0 Å². The predicted molar refractivity (Wildman–Crippen MR) is 123 cm³/mol. The maximum atomic E-state index is 10.2.